The molecule has 0 saturated carbocycles. The first-order valence-corrected chi connectivity index (χ1v) is 10.9. The van der Waals surface area contributed by atoms with Crippen molar-refractivity contribution < 1.29 is 13.2 Å². The van der Waals surface area contributed by atoms with E-state index in [1.807, 2.05) is 50.2 Å². The van der Waals surface area contributed by atoms with Crippen LogP contribution in [0.2, 0.25) is 0 Å². The molecular formula is C27H29F3. The summed E-state index contributed by atoms with van der Waals surface area (Å²) in [4.78, 5) is 0. The van der Waals surface area contributed by atoms with Crippen LogP contribution >= 0.6 is 0 Å². The topological polar surface area (TPSA) is 0 Å². The fraction of sp³-hybridized carbons (Fsp3) is 0.333. The highest BCUT2D eigenvalue weighted by Crippen LogP contribution is 2.27. The molecule has 0 aromatic heterocycles. The van der Waals surface area contributed by atoms with Crippen molar-refractivity contribution in [2.75, 3.05) is 0 Å². The second kappa shape index (κ2) is 10.5. The van der Waals surface area contributed by atoms with Crippen LogP contribution in [0.25, 0.3) is 11.1 Å². The van der Waals surface area contributed by atoms with E-state index in [9.17, 15) is 13.2 Å². The Bertz CT molecular complexity index is 974. The van der Waals surface area contributed by atoms with Crippen LogP contribution < -0.4 is 0 Å². The van der Waals surface area contributed by atoms with Crippen LogP contribution in [0, 0.1) is 17.5 Å². The summed E-state index contributed by atoms with van der Waals surface area (Å²) in [6.45, 7) is 4.07. The van der Waals surface area contributed by atoms with Gasteiger partial charge in [0.25, 0.3) is 0 Å². The molecule has 0 bridgehead atoms. The largest absolute Gasteiger partial charge is 0.207 e. The lowest BCUT2D eigenvalue weighted by molar-refractivity contribution is 0.499. The average Bonchev–Trinajstić information content (AvgIpc) is 2.76. The van der Waals surface area contributed by atoms with E-state index in [0.29, 0.717) is 17.5 Å². The first-order chi connectivity index (χ1) is 14.5. The van der Waals surface area contributed by atoms with Crippen LogP contribution in [0.3, 0.4) is 0 Å². The summed E-state index contributed by atoms with van der Waals surface area (Å²) in [5, 5.41) is 0. The van der Waals surface area contributed by atoms with Gasteiger partial charge in [-0.3, -0.25) is 0 Å². The Morgan fingerprint density at radius 2 is 1.27 bits per heavy atom. The SMILES string of the molecule is CCCCc1ccc(-c2ccc(CCc3ccc(CCC)c(F)c3)cc2)c(F)c1F. The third kappa shape index (κ3) is 5.33. The minimum atomic E-state index is -0.779. The van der Waals surface area contributed by atoms with Crippen molar-refractivity contribution in [1.29, 1.82) is 0 Å². The number of hydrogen-bond donors (Lipinski definition) is 0. The van der Waals surface area contributed by atoms with E-state index in [0.717, 1.165) is 55.2 Å². The number of rotatable bonds is 9. The lowest BCUT2D eigenvalue weighted by atomic mass is 9.97. The first-order valence-electron chi connectivity index (χ1n) is 10.9. The van der Waals surface area contributed by atoms with E-state index in [-0.39, 0.29) is 11.4 Å². The Hall–Kier alpha value is -2.55. The number of unbranched alkanes of at least 4 members (excludes halogenated alkanes) is 1. The molecule has 30 heavy (non-hydrogen) atoms. The molecule has 3 aromatic rings. The van der Waals surface area contributed by atoms with Gasteiger partial charge in [-0.25, -0.2) is 13.2 Å². The Labute approximate surface area is 177 Å². The predicted molar refractivity (Wildman–Crippen MR) is 118 cm³/mol. The molecule has 0 amide bonds. The van der Waals surface area contributed by atoms with Crippen LogP contribution in [0.5, 0.6) is 0 Å². The summed E-state index contributed by atoms with van der Waals surface area (Å²) in [6.07, 6.45) is 5.52. The molecule has 0 N–H and O–H groups in total. The summed E-state index contributed by atoms with van der Waals surface area (Å²) in [6, 6.07) is 16.3. The maximum atomic E-state index is 14.6. The molecule has 0 aliphatic carbocycles. The van der Waals surface area contributed by atoms with Crippen LogP contribution in [0.4, 0.5) is 13.2 Å². The fourth-order valence-corrected chi connectivity index (χ4v) is 3.73. The zero-order valence-corrected chi connectivity index (χ0v) is 17.8. The number of hydrogen-bond acceptors (Lipinski definition) is 0. The van der Waals surface area contributed by atoms with E-state index < -0.39 is 11.6 Å². The second-order valence-corrected chi connectivity index (χ2v) is 7.88. The van der Waals surface area contributed by atoms with E-state index in [1.165, 1.54) is 0 Å². The normalized spacial score (nSPS) is 11.1. The van der Waals surface area contributed by atoms with Crippen LogP contribution in [0.15, 0.2) is 54.6 Å². The van der Waals surface area contributed by atoms with Crippen LogP contribution in [-0.4, -0.2) is 0 Å². The maximum absolute atomic E-state index is 14.6. The molecule has 0 saturated heterocycles. The second-order valence-electron chi connectivity index (χ2n) is 7.88. The molecule has 0 radical (unpaired) electrons. The van der Waals surface area contributed by atoms with Crippen molar-refractivity contribution in [2.24, 2.45) is 0 Å². The minimum Gasteiger partial charge on any atom is -0.207 e. The molecule has 0 spiro atoms. The van der Waals surface area contributed by atoms with Gasteiger partial charge in [0.1, 0.15) is 5.82 Å². The molecule has 158 valence electrons. The monoisotopic (exact) mass is 410 g/mol. The molecule has 0 nitrogen and oxygen atoms in total. The molecule has 0 fully saturated rings. The van der Waals surface area contributed by atoms with Crippen molar-refractivity contribution in [1.82, 2.24) is 0 Å². The molecule has 3 heteroatoms. The number of halogens is 3. The van der Waals surface area contributed by atoms with Crippen molar-refractivity contribution in [2.45, 2.75) is 58.8 Å². The highest BCUT2D eigenvalue weighted by molar-refractivity contribution is 5.65. The minimum absolute atomic E-state index is 0.135. The molecule has 3 aromatic carbocycles. The standard InChI is InChI=1S/C27H29F3/c1-3-5-7-23-16-17-24(27(30)26(23)29)21-13-10-19(11-14-21)8-9-20-12-15-22(6-4-2)25(28)18-20/h10-18H,3-9H2,1-2H3. The van der Waals surface area contributed by atoms with Gasteiger partial charge in [0.15, 0.2) is 11.6 Å². The van der Waals surface area contributed by atoms with Gasteiger partial charge in [0, 0.05) is 5.56 Å². The molecule has 0 aliphatic rings. The zero-order chi connectivity index (χ0) is 21.5. The molecule has 3 rings (SSSR count). The molecule has 0 atom stereocenters. The summed E-state index contributed by atoms with van der Waals surface area (Å²) in [5.41, 5.74) is 4.19. The van der Waals surface area contributed by atoms with E-state index in [2.05, 4.69) is 0 Å². The molecule has 0 aliphatic heterocycles. The Balaban J connectivity index is 1.68. The maximum Gasteiger partial charge on any atom is 0.166 e. The Morgan fingerprint density at radius 3 is 1.93 bits per heavy atom. The van der Waals surface area contributed by atoms with Gasteiger partial charge in [-0.05, 0) is 66.0 Å². The van der Waals surface area contributed by atoms with Gasteiger partial charge in [0.05, 0.1) is 0 Å². The average molecular weight is 411 g/mol. The van der Waals surface area contributed by atoms with Gasteiger partial charge in [-0.15, -0.1) is 0 Å². The van der Waals surface area contributed by atoms with Crippen LogP contribution in [0.1, 0.15) is 55.4 Å². The molecular weight excluding hydrogens is 381 g/mol. The first kappa shape index (κ1) is 22.1. The number of benzene rings is 3. The van der Waals surface area contributed by atoms with Gasteiger partial charge >= 0.3 is 0 Å². The third-order valence-electron chi connectivity index (χ3n) is 5.57. The van der Waals surface area contributed by atoms with Gasteiger partial charge in [-0.1, -0.05) is 75.2 Å². The van der Waals surface area contributed by atoms with E-state index in [1.54, 1.807) is 18.2 Å². The summed E-state index contributed by atoms with van der Waals surface area (Å²) < 4.78 is 43.0. The van der Waals surface area contributed by atoms with Crippen molar-refractivity contribution >= 4 is 0 Å². The van der Waals surface area contributed by atoms with Gasteiger partial charge in [-0.2, -0.15) is 0 Å². The lowest BCUT2D eigenvalue weighted by Crippen LogP contribution is -1.98. The lowest BCUT2D eigenvalue weighted by Gasteiger charge is -2.10. The van der Waals surface area contributed by atoms with Crippen molar-refractivity contribution in [3.05, 3.63) is 94.3 Å². The smallest absolute Gasteiger partial charge is 0.166 e. The Kier molecular flexibility index (Phi) is 7.73. The molecule has 0 heterocycles. The zero-order valence-electron chi connectivity index (χ0n) is 17.8. The van der Waals surface area contributed by atoms with Gasteiger partial charge in [0.2, 0.25) is 0 Å². The molecule has 0 unspecified atom stereocenters. The quantitative estimate of drug-likeness (QED) is 0.337. The summed E-state index contributed by atoms with van der Waals surface area (Å²) in [7, 11) is 0. The van der Waals surface area contributed by atoms with Crippen molar-refractivity contribution in [3.8, 4) is 11.1 Å². The highest BCUT2D eigenvalue weighted by Gasteiger charge is 2.14. The Morgan fingerprint density at radius 1 is 0.600 bits per heavy atom. The predicted octanol–water partition coefficient (Wildman–Crippen LogP) is 7.85. The van der Waals surface area contributed by atoms with Crippen molar-refractivity contribution in [3.63, 3.8) is 0 Å². The number of aryl methyl sites for hydroxylation is 4. The van der Waals surface area contributed by atoms with Crippen LogP contribution in [-0.2, 0) is 25.7 Å². The summed E-state index contributed by atoms with van der Waals surface area (Å²) >= 11 is 0. The third-order valence-corrected chi connectivity index (χ3v) is 5.57. The van der Waals surface area contributed by atoms with Gasteiger partial charge < -0.3 is 0 Å². The van der Waals surface area contributed by atoms with E-state index >= 15 is 0 Å². The fourth-order valence-electron chi connectivity index (χ4n) is 3.73. The van der Waals surface area contributed by atoms with E-state index in [4.69, 9.17) is 0 Å². The highest BCUT2D eigenvalue weighted by atomic mass is 19.2. The summed E-state index contributed by atoms with van der Waals surface area (Å²) in [5.74, 6) is -1.65.